The fourth-order valence-electron chi connectivity index (χ4n) is 3.67. The number of nitrogens with one attached hydrogen (secondary N) is 1. The lowest BCUT2D eigenvalue weighted by Gasteiger charge is -2.28. The molecule has 0 aliphatic heterocycles. The average molecular weight is 279 g/mol. The van der Waals surface area contributed by atoms with Crippen molar-refractivity contribution >= 4 is 17.2 Å². The highest BCUT2D eigenvalue weighted by Gasteiger charge is 2.49. The molecule has 2 fully saturated rings. The molecule has 0 spiro atoms. The SMILES string of the molecule is Cc1csc(C(C)NC(=O)C2C3CCC(C3)C2N)n1. The number of nitrogens with zero attached hydrogens (tertiary/aromatic N) is 1. The van der Waals surface area contributed by atoms with Crippen molar-refractivity contribution in [1.82, 2.24) is 10.3 Å². The van der Waals surface area contributed by atoms with Crippen molar-refractivity contribution < 1.29 is 4.79 Å². The van der Waals surface area contributed by atoms with Crippen LogP contribution in [0.1, 0.15) is 42.9 Å². The number of hydrogen-bond donors (Lipinski definition) is 2. The van der Waals surface area contributed by atoms with Crippen molar-refractivity contribution in [3.8, 4) is 0 Å². The van der Waals surface area contributed by atoms with Crippen LogP contribution in [-0.4, -0.2) is 16.9 Å². The number of nitrogens with two attached hydrogens (primary N) is 1. The summed E-state index contributed by atoms with van der Waals surface area (Å²) in [5.41, 5.74) is 7.22. The van der Waals surface area contributed by atoms with Crippen molar-refractivity contribution in [1.29, 1.82) is 0 Å². The minimum Gasteiger partial charge on any atom is -0.347 e. The molecule has 1 aromatic rings. The molecule has 5 unspecified atom stereocenters. The van der Waals surface area contributed by atoms with E-state index in [1.165, 1.54) is 12.8 Å². The van der Waals surface area contributed by atoms with Gasteiger partial charge in [-0.2, -0.15) is 0 Å². The van der Waals surface area contributed by atoms with Gasteiger partial charge in [0.25, 0.3) is 0 Å². The Bertz CT molecular complexity index is 485. The third-order valence-corrected chi connectivity index (χ3v) is 5.79. The molecule has 5 heteroatoms. The van der Waals surface area contributed by atoms with Crippen molar-refractivity contribution in [2.75, 3.05) is 0 Å². The molecule has 1 aromatic heterocycles. The highest BCUT2D eigenvalue weighted by atomic mass is 32.1. The summed E-state index contributed by atoms with van der Waals surface area (Å²) < 4.78 is 0. The van der Waals surface area contributed by atoms with E-state index >= 15 is 0 Å². The normalized spacial score (nSPS) is 34.5. The van der Waals surface area contributed by atoms with Gasteiger partial charge in [0.2, 0.25) is 5.91 Å². The summed E-state index contributed by atoms with van der Waals surface area (Å²) in [6, 6.07) is 0.0431. The Morgan fingerprint density at radius 2 is 2.26 bits per heavy atom. The molecule has 2 aliphatic carbocycles. The van der Waals surface area contributed by atoms with Gasteiger partial charge in [-0.1, -0.05) is 0 Å². The molecule has 2 saturated carbocycles. The zero-order valence-electron chi connectivity index (χ0n) is 11.4. The molecule has 3 rings (SSSR count). The first-order valence-corrected chi connectivity index (χ1v) is 7.92. The molecule has 104 valence electrons. The molecular formula is C14H21N3OS. The minimum atomic E-state index is -0.0162. The number of aryl methyl sites for hydroxylation is 1. The summed E-state index contributed by atoms with van der Waals surface area (Å²) in [5.74, 6) is 1.21. The Kier molecular flexibility index (Phi) is 3.35. The monoisotopic (exact) mass is 279 g/mol. The second kappa shape index (κ2) is 4.87. The largest absolute Gasteiger partial charge is 0.347 e. The fourth-order valence-corrected chi connectivity index (χ4v) is 4.47. The van der Waals surface area contributed by atoms with Crippen LogP contribution in [0.2, 0.25) is 0 Å². The van der Waals surface area contributed by atoms with Crippen LogP contribution >= 0.6 is 11.3 Å². The number of rotatable bonds is 3. The van der Waals surface area contributed by atoms with Crippen LogP contribution in [0.15, 0.2) is 5.38 Å². The van der Waals surface area contributed by atoms with E-state index in [1.54, 1.807) is 11.3 Å². The maximum Gasteiger partial charge on any atom is 0.225 e. The predicted molar refractivity (Wildman–Crippen MR) is 75.7 cm³/mol. The van der Waals surface area contributed by atoms with E-state index in [0.717, 1.165) is 17.1 Å². The molecule has 1 heterocycles. The molecule has 0 radical (unpaired) electrons. The number of carbonyl (C=O) groups is 1. The number of amides is 1. The van der Waals surface area contributed by atoms with Gasteiger partial charge in [-0.3, -0.25) is 4.79 Å². The lowest BCUT2D eigenvalue weighted by molar-refractivity contribution is -0.127. The minimum absolute atomic E-state index is 0.0160. The highest BCUT2D eigenvalue weighted by molar-refractivity contribution is 7.09. The number of aromatic nitrogens is 1. The highest BCUT2D eigenvalue weighted by Crippen LogP contribution is 2.47. The third kappa shape index (κ3) is 2.30. The van der Waals surface area contributed by atoms with Gasteiger partial charge in [-0.25, -0.2) is 4.98 Å². The van der Waals surface area contributed by atoms with Crippen LogP contribution in [0.3, 0.4) is 0 Å². The Balaban J connectivity index is 1.65. The van der Waals surface area contributed by atoms with Gasteiger partial charge in [0.05, 0.1) is 12.0 Å². The van der Waals surface area contributed by atoms with E-state index in [1.807, 2.05) is 19.2 Å². The number of thiazole rings is 1. The van der Waals surface area contributed by atoms with Gasteiger partial charge in [0, 0.05) is 17.1 Å². The topological polar surface area (TPSA) is 68.0 Å². The number of carbonyl (C=O) groups excluding carboxylic acids is 1. The summed E-state index contributed by atoms with van der Waals surface area (Å²) in [6.45, 7) is 3.97. The van der Waals surface area contributed by atoms with Gasteiger partial charge in [-0.05, 0) is 44.9 Å². The van der Waals surface area contributed by atoms with Crippen molar-refractivity contribution in [3.63, 3.8) is 0 Å². The molecule has 19 heavy (non-hydrogen) atoms. The first-order valence-electron chi connectivity index (χ1n) is 7.04. The lowest BCUT2D eigenvalue weighted by atomic mass is 9.84. The van der Waals surface area contributed by atoms with E-state index in [9.17, 15) is 4.79 Å². The number of hydrogen-bond acceptors (Lipinski definition) is 4. The zero-order valence-corrected chi connectivity index (χ0v) is 12.2. The summed E-state index contributed by atoms with van der Waals surface area (Å²) in [4.78, 5) is 16.9. The zero-order chi connectivity index (χ0) is 13.6. The van der Waals surface area contributed by atoms with Crippen LogP contribution in [0.5, 0.6) is 0 Å². The standard InChI is InChI=1S/C14H21N3OS/c1-7-6-19-14(16-7)8(2)17-13(18)11-9-3-4-10(5-9)12(11)15/h6,8-12H,3-5,15H2,1-2H3,(H,17,18). The quantitative estimate of drug-likeness (QED) is 0.889. The molecule has 2 aliphatic rings. The van der Waals surface area contributed by atoms with Crippen molar-refractivity contribution in [3.05, 3.63) is 16.1 Å². The Morgan fingerprint density at radius 3 is 2.84 bits per heavy atom. The van der Waals surface area contributed by atoms with E-state index in [4.69, 9.17) is 5.73 Å². The van der Waals surface area contributed by atoms with Crippen LogP contribution in [-0.2, 0) is 4.79 Å². The molecule has 2 bridgehead atoms. The van der Waals surface area contributed by atoms with Crippen LogP contribution < -0.4 is 11.1 Å². The average Bonchev–Trinajstić information content (AvgIpc) is 3.03. The van der Waals surface area contributed by atoms with Crippen LogP contribution in [0, 0.1) is 24.7 Å². The van der Waals surface area contributed by atoms with Crippen LogP contribution in [0.25, 0.3) is 0 Å². The molecule has 0 aromatic carbocycles. The van der Waals surface area contributed by atoms with E-state index in [2.05, 4.69) is 10.3 Å². The first kappa shape index (κ1) is 13.1. The summed E-state index contributed by atoms with van der Waals surface area (Å²) >= 11 is 1.60. The lowest BCUT2D eigenvalue weighted by Crippen LogP contribution is -2.45. The maximum absolute atomic E-state index is 12.4. The second-order valence-electron chi connectivity index (χ2n) is 5.99. The molecule has 0 saturated heterocycles. The predicted octanol–water partition coefficient (Wildman–Crippen LogP) is 2.00. The van der Waals surface area contributed by atoms with Crippen molar-refractivity contribution in [2.45, 2.75) is 45.2 Å². The van der Waals surface area contributed by atoms with Gasteiger partial charge >= 0.3 is 0 Å². The van der Waals surface area contributed by atoms with Gasteiger partial charge in [-0.15, -0.1) is 11.3 Å². The van der Waals surface area contributed by atoms with Gasteiger partial charge in [0.15, 0.2) is 0 Å². The molecule has 3 N–H and O–H groups in total. The third-order valence-electron chi connectivity index (χ3n) is 4.65. The summed E-state index contributed by atoms with van der Waals surface area (Å²) in [6.07, 6.45) is 3.52. The Hall–Kier alpha value is -0.940. The van der Waals surface area contributed by atoms with Gasteiger partial charge in [0.1, 0.15) is 5.01 Å². The summed E-state index contributed by atoms with van der Waals surface area (Å²) in [5, 5.41) is 6.09. The van der Waals surface area contributed by atoms with Gasteiger partial charge < -0.3 is 11.1 Å². The molecule has 4 nitrogen and oxygen atoms in total. The molecule has 1 amide bonds. The molecular weight excluding hydrogens is 258 g/mol. The van der Waals surface area contributed by atoms with E-state index < -0.39 is 0 Å². The Labute approximate surface area is 117 Å². The number of fused-ring (bicyclic) bond motifs is 2. The fraction of sp³-hybridized carbons (Fsp3) is 0.714. The molecule has 5 atom stereocenters. The Morgan fingerprint density at radius 1 is 1.53 bits per heavy atom. The smallest absolute Gasteiger partial charge is 0.225 e. The maximum atomic E-state index is 12.4. The van der Waals surface area contributed by atoms with Crippen molar-refractivity contribution in [2.24, 2.45) is 23.5 Å². The first-order chi connectivity index (χ1) is 9.06. The van der Waals surface area contributed by atoms with Crippen LogP contribution in [0.4, 0.5) is 0 Å². The van der Waals surface area contributed by atoms with E-state index in [0.29, 0.717) is 11.8 Å². The second-order valence-corrected chi connectivity index (χ2v) is 6.88. The van der Waals surface area contributed by atoms with E-state index in [-0.39, 0.29) is 23.9 Å². The summed E-state index contributed by atoms with van der Waals surface area (Å²) in [7, 11) is 0.